The number of nitrogens with one attached hydrogen (secondary N) is 2. The minimum absolute atomic E-state index is 0.0464. The lowest BCUT2D eigenvalue weighted by Gasteiger charge is -2.28. The van der Waals surface area contributed by atoms with Crippen molar-refractivity contribution in [3.05, 3.63) is 29.3 Å². The number of amides is 2. The highest BCUT2D eigenvalue weighted by Crippen LogP contribution is 2.31. The van der Waals surface area contributed by atoms with Crippen molar-refractivity contribution in [1.82, 2.24) is 5.43 Å². The van der Waals surface area contributed by atoms with Crippen molar-refractivity contribution >= 4 is 29.0 Å². The zero-order valence-corrected chi connectivity index (χ0v) is 15.9. The van der Waals surface area contributed by atoms with E-state index in [0.717, 1.165) is 16.8 Å². The molecule has 6 nitrogen and oxygen atoms in total. The van der Waals surface area contributed by atoms with E-state index in [9.17, 15) is 14.4 Å². The molecule has 2 rings (SSSR count). The lowest BCUT2D eigenvalue weighted by molar-refractivity contribution is -0.124. The van der Waals surface area contributed by atoms with Gasteiger partial charge in [-0.15, -0.1) is 0 Å². The summed E-state index contributed by atoms with van der Waals surface area (Å²) in [5.41, 5.74) is 5.84. The van der Waals surface area contributed by atoms with Crippen molar-refractivity contribution in [1.29, 1.82) is 0 Å². The molecule has 2 N–H and O–H groups in total. The fourth-order valence-electron chi connectivity index (χ4n) is 3.09. The van der Waals surface area contributed by atoms with Crippen molar-refractivity contribution in [2.75, 3.05) is 5.32 Å². The van der Waals surface area contributed by atoms with Crippen LogP contribution in [0.4, 0.5) is 5.69 Å². The maximum absolute atomic E-state index is 12.0. The minimum Gasteiger partial charge on any atom is -0.326 e. The highest BCUT2D eigenvalue weighted by molar-refractivity contribution is 6.05. The number of anilines is 1. The van der Waals surface area contributed by atoms with Gasteiger partial charge in [-0.2, -0.15) is 5.10 Å². The van der Waals surface area contributed by atoms with E-state index in [2.05, 4.69) is 15.8 Å². The molecule has 0 saturated heterocycles. The first-order valence-electron chi connectivity index (χ1n) is 8.88. The van der Waals surface area contributed by atoms with E-state index in [1.165, 1.54) is 0 Å². The number of benzene rings is 1. The van der Waals surface area contributed by atoms with Crippen molar-refractivity contribution in [3.63, 3.8) is 0 Å². The lowest BCUT2D eigenvalue weighted by Crippen LogP contribution is -2.31. The Hall–Kier alpha value is -2.50. The first kappa shape index (κ1) is 19.8. The minimum atomic E-state index is -0.329. The second-order valence-corrected chi connectivity index (χ2v) is 7.81. The first-order chi connectivity index (χ1) is 12.1. The predicted octanol–water partition coefficient (Wildman–Crippen LogP) is 3.27. The number of Topliss-reactive ketones (excluding diaryl/α,β-unsaturated/α-hetero) is 1. The third kappa shape index (κ3) is 6.10. The van der Waals surface area contributed by atoms with Crippen LogP contribution in [0.1, 0.15) is 57.1 Å². The fourth-order valence-corrected chi connectivity index (χ4v) is 3.09. The van der Waals surface area contributed by atoms with E-state index in [0.29, 0.717) is 18.6 Å². The van der Waals surface area contributed by atoms with Gasteiger partial charge in [-0.1, -0.05) is 26.0 Å². The number of ketones is 1. The number of carbonyl (C=O) groups excluding carboxylic acids is 3. The highest BCUT2D eigenvalue weighted by atomic mass is 16.2. The summed E-state index contributed by atoms with van der Waals surface area (Å²) in [5, 5.41) is 6.91. The summed E-state index contributed by atoms with van der Waals surface area (Å²) in [6.07, 6.45) is 1.64. The van der Waals surface area contributed by atoms with E-state index in [1.807, 2.05) is 45.9 Å². The summed E-state index contributed by atoms with van der Waals surface area (Å²) in [6.45, 7) is 7.90. The van der Waals surface area contributed by atoms with Crippen LogP contribution in [0, 0.1) is 19.3 Å². The largest absolute Gasteiger partial charge is 0.326 e. The number of hydrazone groups is 1. The van der Waals surface area contributed by atoms with E-state index in [4.69, 9.17) is 0 Å². The maximum Gasteiger partial charge on any atom is 0.240 e. The summed E-state index contributed by atoms with van der Waals surface area (Å²) < 4.78 is 0. The van der Waals surface area contributed by atoms with Crippen LogP contribution in [0.2, 0.25) is 0 Å². The number of hydrogen-bond donors (Lipinski definition) is 2. The molecule has 0 bridgehead atoms. The number of nitrogens with zero attached hydrogens (tertiary/aromatic N) is 1. The van der Waals surface area contributed by atoms with E-state index < -0.39 is 0 Å². The van der Waals surface area contributed by atoms with Crippen LogP contribution >= 0.6 is 0 Å². The van der Waals surface area contributed by atoms with Gasteiger partial charge in [-0.3, -0.25) is 14.4 Å². The molecule has 0 radical (unpaired) electrons. The smallest absolute Gasteiger partial charge is 0.240 e. The van der Waals surface area contributed by atoms with Gasteiger partial charge in [0.25, 0.3) is 0 Å². The monoisotopic (exact) mass is 357 g/mol. The molecular weight excluding hydrogens is 330 g/mol. The second kappa shape index (κ2) is 8.25. The summed E-state index contributed by atoms with van der Waals surface area (Å²) in [5.74, 6) is -0.401. The van der Waals surface area contributed by atoms with Gasteiger partial charge in [0.1, 0.15) is 5.78 Å². The molecule has 1 saturated carbocycles. The number of hydrogen-bond acceptors (Lipinski definition) is 4. The maximum atomic E-state index is 12.0. The highest BCUT2D eigenvalue weighted by Gasteiger charge is 2.30. The standard InChI is InChI=1S/C20H27N3O3/c1-13-5-6-14(2)17(9-13)21-18(25)7-8-19(26)23-22-15-10-16(24)12-20(3,4)11-15/h5-6,9H,7-8,10-12H2,1-4H3,(H,21,25)(H,23,26). The molecule has 1 aliphatic rings. The Morgan fingerprint density at radius 3 is 2.50 bits per heavy atom. The third-order valence-corrected chi connectivity index (χ3v) is 4.34. The van der Waals surface area contributed by atoms with Crippen molar-refractivity contribution in [2.45, 2.75) is 59.8 Å². The Bertz CT molecular complexity index is 751. The van der Waals surface area contributed by atoms with Gasteiger partial charge in [-0.05, 0) is 42.9 Å². The zero-order chi connectivity index (χ0) is 19.3. The molecule has 26 heavy (non-hydrogen) atoms. The molecule has 2 amide bonds. The molecule has 1 fully saturated rings. The summed E-state index contributed by atoms with van der Waals surface area (Å²) in [4.78, 5) is 35.7. The Balaban J connectivity index is 1.81. The van der Waals surface area contributed by atoms with E-state index in [1.54, 1.807) is 0 Å². The van der Waals surface area contributed by atoms with Gasteiger partial charge in [0.2, 0.25) is 11.8 Å². The summed E-state index contributed by atoms with van der Waals surface area (Å²) in [6, 6.07) is 5.83. The number of rotatable bonds is 5. The Kier molecular flexibility index (Phi) is 6.29. The molecule has 1 aromatic carbocycles. The Morgan fingerprint density at radius 2 is 1.81 bits per heavy atom. The first-order valence-corrected chi connectivity index (χ1v) is 8.88. The molecule has 1 aromatic rings. The molecule has 0 unspecified atom stereocenters. The van der Waals surface area contributed by atoms with E-state index in [-0.39, 0.29) is 42.3 Å². The van der Waals surface area contributed by atoms with Crippen LogP contribution in [-0.4, -0.2) is 23.3 Å². The quantitative estimate of drug-likeness (QED) is 0.793. The van der Waals surface area contributed by atoms with Gasteiger partial charge in [0, 0.05) is 37.1 Å². The topological polar surface area (TPSA) is 87.6 Å². The SMILES string of the molecule is Cc1ccc(C)c(NC(=O)CCC(=O)NN=C2CC(=O)CC(C)(C)C2)c1. The average molecular weight is 357 g/mol. The van der Waals surface area contributed by atoms with Crippen LogP contribution < -0.4 is 10.7 Å². The van der Waals surface area contributed by atoms with Crippen LogP contribution in [0.3, 0.4) is 0 Å². The van der Waals surface area contributed by atoms with Crippen LogP contribution in [0.5, 0.6) is 0 Å². The van der Waals surface area contributed by atoms with E-state index >= 15 is 0 Å². The predicted molar refractivity (Wildman–Crippen MR) is 102 cm³/mol. The molecule has 0 atom stereocenters. The normalized spacial score (nSPS) is 17.8. The zero-order valence-electron chi connectivity index (χ0n) is 15.9. The molecule has 6 heteroatoms. The van der Waals surface area contributed by atoms with Crippen molar-refractivity contribution in [3.8, 4) is 0 Å². The second-order valence-electron chi connectivity index (χ2n) is 7.81. The summed E-state index contributed by atoms with van der Waals surface area (Å²) in [7, 11) is 0. The molecule has 0 heterocycles. The van der Waals surface area contributed by atoms with Crippen molar-refractivity contribution in [2.24, 2.45) is 10.5 Å². The van der Waals surface area contributed by atoms with Gasteiger partial charge < -0.3 is 5.32 Å². The third-order valence-electron chi connectivity index (χ3n) is 4.34. The van der Waals surface area contributed by atoms with Crippen LogP contribution in [-0.2, 0) is 14.4 Å². The average Bonchev–Trinajstić information content (AvgIpc) is 2.52. The lowest BCUT2D eigenvalue weighted by atomic mass is 9.76. The molecule has 140 valence electrons. The van der Waals surface area contributed by atoms with Crippen molar-refractivity contribution < 1.29 is 14.4 Å². The molecule has 0 aromatic heterocycles. The fraction of sp³-hybridized carbons (Fsp3) is 0.500. The molecular formula is C20H27N3O3. The number of carbonyl (C=O) groups is 3. The Labute approximate surface area is 154 Å². The van der Waals surface area contributed by atoms with Gasteiger partial charge in [-0.25, -0.2) is 5.43 Å². The summed E-state index contributed by atoms with van der Waals surface area (Å²) >= 11 is 0. The van der Waals surface area contributed by atoms with Crippen LogP contribution in [0.15, 0.2) is 23.3 Å². The van der Waals surface area contributed by atoms with Gasteiger partial charge in [0.15, 0.2) is 0 Å². The molecule has 0 spiro atoms. The van der Waals surface area contributed by atoms with Gasteiger partial charge in [0.05, 0.1) is 0 Å². The Morgan fingerprint density at radius 1 is 1.12 bits per heavy atom. The molecule has 0 aliphatic heterocycles. The van der Waals surface area contributed by atoms with Crippen LogP contribution in [0.25, 0.3) is 0 Å². The van der Waals surface area contributed by atoms with Gasteiger partial charge >= 0.3 is 0 Å². The number of aryl methyl sites for hydroxylation is 2. The molecule has 1 aliphatic carbocycles.